The fourth-order valence-electron chi connectivity index (χ4n) is 5.81. The van der Waals surface area contributed by atoms with Gasteiger partial charge in [0.1, 0.15) is 29.1 Å². The van der Waals surface area contributed by atoms with Crippen LogP contribution in [0.15, 0.2) is 73.2 Å². The maximum atomic E-state index is 14.8. The van der Waals surface area contributed by atoms with Crippen LogP contribution in [-0.4, -0.2) is 49.4 Å². The van der Waals surface area contributed by atoms with Crippen molar-refractivity contribution >= 4 is 51.2 Å². The third-order valence-corrected chi connectivity index (χ3v) is 9.13. The first-order valence-electron chi connectivity index (χ1n) is 17.2. The molecule has 2 amide bonds. The molecule has 0 aliphatic rings. The van der Waals surface area contributed by atoms with E-state index in [1.165, 1.54) is 25.7 Å². The number of primary amides is 1. The average Bonchev–Trinajstić information content (AvgIpc) is 3.14. The van der Waals surface area contributed by atoms with E-state index < -0.39 is 34.7 Å². The molecule has 284 valence electrons. The minimum Gasteiger partial charge on any atom is -0.755 e. The smallest absolute Gasteiger partial charge is 0.410 e. The minimum absolute atomic E-state index is 0.0846. The lowest BCUT2D eigenvalue weighted by molar-refractivity contribution is -0.116. The van der Waals surface area contributed by atoms with Crippen molar-refractivity contribution < 1.29 is 41.3 Å². The summed E-state index contributed by atoms with van der Waals surface area (Å²) in [7, 11) is 1.30. The van der Waals surface area contributed by atoms with Crippen molar-refractivity contribution in [3.8, 4) is 28.5 Å². The van der Waals surface area contributed by atoms with E-state index in [-0.39, 0.29) is 23.2 Å². The van der Waals surface area contributed by atoms with E-state index in [1.807, 2.05) is 13.0 Å². The predicted molar refractivity (Wildman–Crippen MR) is 199 cm³/mol. The fourth-order valence-corrected chi connectivity index (χ4v) is 6.41. The number of nitrogens with one attached hydrogen (secondary N) is 1. The van der Waals surface area contributed by atoms with E-state index in [1.54, 1.807) is 30.3 Å². The molecule has 1 unspecified atom stereocenters. The number of ether oxygens (including phenoxy) is 3. The quantitative estimate of drug-likeness (QED) is 0.0660. The molecule has 0 aliphatic carbocycles. The van der Waals surface area contributed by atoms with Gasteiger partial charge in [-0.05, 0) is 67.8 Å². The lowest BCUT2D eigenvalue weighted by atomic mass is 10.0. The van der Waals surface area contributed by atoms with Gasteiger partial charge in [-0.3, -0.25) is 13.3 Å². The summed E-state index contributed by atoms with van der Waals surface area (Å²) in [6, 6.07) is 14.3. The molecule has 5 rings (SSSR count). The Hall–Kier alpha value is -5.74. The predicted octanol–water partition coefficient (Wildman–Crippen LogP) is 7.82. The molecule has 2 aromatic heterocycles. The molecule has 0 fully saturated rings. The standard InChI is InChI=1S/C38H40F2N6O7S/c1-24-28-18-25(26-19-32(37(51-2)42-22-26)46(54(49)50)31-16-15-27(39)21-29(31)40)20-34(36(28)44-23-43-24)52-17-11-7-5-3-4-6-8-14-35(47)45-30-12-9-10-13-33(30)53-38(41)48/h9-10,12-13,15-16,18-23H,3-8,11,14,17H2,1-2H3,(H2,41,48)(H,45,47)(H,49,50)/p-1. The van der Waals surface area contributed by atoms with Gasteiger partial charge < -0.3 is 29.8 Å². The first kappa shape index (κ1) is 39.5. The molecule has 16 heteroatoms. The lowest BCUT2D eigenvalue weighted by Crippen LogP contribution is -2.22. The van der Waals surface area contributed by atoms with Crippen LogP contribution in [-0.2, 0) is 16.1 Å². The van der Waals surface area contributed by atoms with Crippen LogP contribution in [0.1, 0.15) is 57.1 Å². The summed E-state index contributed by atoms with van der Waals surface area (Å²) in [5, 5.41) is 3.47. The summed E-state index contributed by atoms with van der Waals surface area (Å²) in [6.45, 7) is 2.25. The fraction of sp³-hybridized carbons (Fsp3) is 0.289. The zero-order valence-corrected chi connectivity index (χ0v) is 30.5. The number of amides is 2. The van der Waals surface area contributed by atoms with Crippen molar-refractivity contribution in [1.29, 1.82) is 0 Å². The van der Waals surface area contributed by atoms with Gasteiger partial charge in [0.15, 0.2) is 11.6 Å². The number of pyridine rings is 1. The number of rotatable bonds is 18. The van der Waals surface area contributed by atoms with Gasteiger partial charge in [-0.1, -0.05) is 44.2 Å². The Balaban J connectivity index is 1.17. The summed E-state index contributed by atoms with van der Waals surface area (Å²) < 4.78 is 70.4. The van der Waals surface area contributed by atoms with Crippen LogP contribution >= 0.6 is 0 Å². The third-order valence-electron chi connectivity index (χ3n) is 8.44. The largest absolute Gasteiger partial charge is 0.755 e. The normalized spacial score (nSPS) is 11.6. The molecule has 0 saturated carbocycles. The molecule has 0 saturated heterocycles. The number of unbranched alkanes of at least 4 members (excludes halogenated alkanes) is 6. The van der Waals surface area contributed by atoms with Gasteiger partial charge in [0.25, 0.3) is 0 Å². The number of aryl methyl sites for hydroxylation is 1. The summed E-state index contributed by atoms with van der Waals surface area (Å²) >= 11 is -3.03. The van der Waals surface area contributed by atoms with Gasteiger partial charge in [0.05, 0.1) is 36.4 Å². The third kappa shape index (κ3) is 10.2. The number of carbonyl (C=O) groups is 2. The van der Waals surface area contributed by atoms with Crippen LogP contribution in [0.2, 0.25) is 0 Å². The molecular formula is C38H39F2N6O7S-. The van der Waals surface area contributed by atoms with Gasteiger partial charge in [-0.2, -0.15) is 0 Å². The SMILES string of the molecule is COc1ncc(-c2cc(OCCCCCCCCCC(=O)Nc3ccccc3OC(N)=O)c3ncnc(C)c3c2)cc1N(c1ccc(F)cc1F)S(=O)[O-]. The van der Waals surface area contributed by atoms with E-state index >= 15 is 0 Å². The lowest BCUT2D eigenvalue weighted by Gasteiger charge is -2.28. The number of nitrogens with zero attached hydrogens (tertiary/aromatic N) is 4. The molecule has 3 N–H and O–H groups in total. The van der Waals surface area contributed by atoms with Gasteiger partial charge in [-0.25, -0.2) is 28.5 Å². The number of anilines is 3. The van der Waals surface area contributed by atoms with Crippen molar-refractivity contribution in [2.45, 2.75) is 58.3 Å². The van der Waals surface area contributed by atoms with E-state index in [0.717, 1.165) is 57.1 Å². The molecule has 0 aliphatic heterocycles. The Kier molecular flexibility index (Phi) is 13.8. The number of hydrogen-bond donors (Lipinski definition) is 2. The molecule has 2 heterocycles. The zero-order valence-electron chi connectivity index (χ0n) is 29.7. The topological polar surface area (TPSA) is 182 Å². The Labute approximate surface area is 313 Å². The number of hydrogen-bond acceptors (Lipinski definition) is 10. The van der Waals surface area contributed by atoms with Crippen LogP contribution in [0, 0.1) is 18.6 Å². The summed E-state index contributed by atoms with van der Waals surface area (Å²) in [4.78, 5) is 36.5. The summed E-state index contributed by atoms with van der Waals surface area (Å²) in [6.07, 6.45) is 8.62. The van der Waals surface area contributed by atoms with E-state index in [2.05, 4.69) is 20.3 Å². The average molecular weight is 762 g/mol. The van der Waals surface area contributed by atoms with Crippen molar-refractivity contribution in [1.82, 2.24) is 15.0 Å². The zero-order chi connectivity index (χ0) is 38.6. The van der Waals surface area contributed by atoms with Gasteiger partial charge in [0, 0.05) is 35.3 Å². The van der Waals surface area contributed by atoms with Crippen LogP contribution < -0.4 is 29.6 Å². The number of carbonyl (C=O) groups excluding carboxylic acids is 2. The number of methoxy groups -OCH3 is 1. The van der Waals surface area contributed by atoms with Crippen LogP contribution in [0.5, 0.6) is 17.4 Å². The number of fused-ring (bicyclic) bond motifs is 1. The highest BCUT2D eigenvalue weighted by atomic mass is 32.2. The Morgan fingerprint density at radius 2 is 1.63 bits per heavy atom. The minimum atomic E-state index is -3.03. The maximum Gasteiger partial charge on any atom is 0.410 e. The molecule has 54 heavy (non-hydrogen) atoms. The maximum absolute atomic E-state index is 14.8. The van der Waals surface area contributed by atoms with Crippen LogP contribution in [0.4, 0.5) is 30.6 Å². The Morgan fingerprint density at radius 1 is 0.889 bits per heavy atom. The second kappa shape index (κ2) is 18.8. The Bertz CT molecular complexity index is 2140. The second-order valence-electron chi connectivity index (χ2n) is 12.2. The second-order valence-corrected chi connectivity index (χ2v) is 13.0. The van der Waals surface area contributed by atoms with Crippen LogP contribution in [0.3, 0.4) is 0 Å². The Morgan fingerprint density at radius 3 is 2.35 bits per heavy atom. The molecule has 0 bridgehead atoms. The highest BCUT2D eigenvalue weighted by Crippen LogP contribution is 2.39. The van der Waals surface area contributed by atoms with Crippen molar-refractivity contribution in [3.05, 3.63) is 90.5 Å². The molecule has 3 aromatic carbocycles. The van der Waals surface area contributed by atoms with E-state index in [4.69, 9.17) is 19.9 Å². The van der Waals surface area contributed by atoms with Crippen molar-refractivity contribution in [3.63, 3.8) is 0 Å². The molecule has 13 nitrogen and oxygen atoms in total. The number of nitrogens with two attached hydrogens (primary N) is 1. The summed E-state index contributed by atoms with van der Waals surface area (Å²) in [5.41, 5.74) is 7.37. The first-order chi connectivity index (χ1) is 26.0. The van der Waals surface area contributed by atoms with Crippen molar-refractivity contribution in [2.75, 3.05) is 23.3 Å². The number of benzene rings is 3. The number of halogens is 2. The summed E-state index contributed by atoms with van der Waals surface area (Å²) in [5.74, 6) is -1.51. The molecule has 5 aromatic rings. The van der Waals surface area contributed by atoms with Crippen LogP contribution in [0.25, 0.3) is 22.0 Å². The molecule has 1 atom stereocenters. The van der Waals surface area contributed by atoms with Gasteiger partial charge in [-0.15, -0.1) is 0 Å². The number of para-hydroxylation sites is 2. The highest BCUT2D eigenvalue weighted by Gasteiger charge is 2.22. The monoisotopic (exact) mass is 761 g/mol. The highest BCUT2D eigenvalue weighted by molar-refractivity contribution is 7.81. The van der Waals surface area contributed by atoms with Crippen molar-refractivity contribution in [2.24, 2.45) is 5.73 Å². The molecule has 0 spiro atoms. The van der Waals surface area contributed by atoms with E-state index in [9.17, 15) is 27.1 Å². The van der Waals surface area contributed by atoms with Gasteiger partial charge >= 0.3 is 6.09 Å². The molecular weight excluding hydrogens is 723 g/mol. The number of aromatic nitrogens is 3. The molecule has 0 radical (unpaired) electrons. The van der Waals surface area contributed by atoms with Gasteiger partial charge in [0.2, 0.25) is 11.8 Å². The first-order valence-corrected chi connectivity index (χ1v) is 18.2. The van der Waals surface area contributed by atoms with E-state index in [0.29, 0.717) is 62.6 Å².